The Labute approximate surface area is 133 Å². The van der Waals surface area contributed by atoms with Gasteiger partial charge in [0.05, 0.1) is 12.7 Å². The van der Waals surface area contributed by atoms with E-state index in [0.717, 1.165) is 5.56 Å². The number of ether oxygens (including phenoxy) is 1. The Morgan fingerprint density at radius 2 is 2.14 bits per heavy atom. The number of aliphatic hydroxyl groups excluding tert-OH is 1. The summed E-state index contributed by atoms with van der Waals surface area (Å²) in [6, 6.07) is 8.79. The van der Waals surface area contributed by atoms with E-state index < -0.39 is 0 Å². The molecule has 0 aliphatic heterocycles. The molecular weight excluding hydrogens is 304 g/mol. The van der Waals surface area contributed by atoms with Crippen molar-refractivity contribution in [3.63, 3.8) is 0 Å². The van der Waals surface area contributed by atoms with Crippen molar-refractivity contribution in [1.29, 1.82) is 0 Å². The summed E-state index contributed by atoms with van der Waals surface area (Å²) < 4.78 is 10.9. The molecule has 2 aromatic rings. The van der Waals surface area contributed by atoms with Gasteiger partial charge >= 0.3 is 0 Å². The van der Waals surface area contributed by atoms with Crippen LogP contribution in [0.3, 0.4) is 0 Å². The van der Waals surface area contributed by atoms with E-state index in [1.807, 2.05) is 0 Å². The normalized spacial score (nSPS) is 10.1. The van der Waals surface area contributed by atoms with Gasteiger partial charge in [-0.3, -0.25) is 4.79 Å². The largest absolute Gasteiger partial charge is 0.496 e. The van der Waals surface area contributed by atoms with E-state index in [1.54, 1.807) is 37.4 Å². The zero-order chi connectivity index (χ0) is 16.1. The summed E-state index contributed by atoms with van der Waals surface area (Å²) >= 11 is 5.01. The van der Waals surface area contributed by atoms with E-state index in [2.05, 4.69) is 10.6 Å². The summed E-state index contributed by atoms with van der Waals surface area (Å²) in [5, 5.41) is 14.6. The van der Waals surface area contributed by atoms with Gasteiger partial charge in [0.15, 0.2) is 5.11 Å². The van der Waals surface area contributed by atoms with Gasteiger partial charge in [0.25, 0.3) is 0 Å². The zero-order valence-corrected chi connectivity index (χ0v) is 13.0. The highest BCUT2D eigenvalue weighted by atomic mass is 32.1. The Bertz CT molecular complexity index is 697. The molecule has 0 aliphatic rings. The fourth-order valence-electron chi connectivity index (χ4n) is 1.90. The second kappa shape index (κ2) is 7.06. The fraction of sp³-hybridized carbons (Fsp3) is 0.200. The van der Waals surface area contributed by atoms with Gasteiger partial charge in [-0.2, -0.15) is 0 Å². The molecule has 1 heterocycles. The lowest BCUT2D eigenvalue weighted by Gasteiger charge is -2.11. The number of carbonyl (C=O) groups excluding carboxylic acids is 1. The number of hydrogen-bond acceptors (Lipinski definition) is 5. The number of amides is 1. The molecule has 1 amide bonds. The zero-order valence-electron chi connectivity index (χ0n) is 12.2. The second-order valence-electron chi connectivity index (χ2n) is 4.47. The average Bonchev–Trinajstić information content (AvgIpc) is 2.94. The summed E-state index contributed by atoms with van der Waals surface area (Å²) in [5.74, 6) is 1.41. The number of aliphatic hydroxyl groups is 1. The molecule has 0 fully saturated rings. The predicted molar refractivity (Wildman–Crippen MR) is 86.7 cm³/mol. The van der Waals surface area contributed by atoms with Crippen LogP contribution in [0.5, 0.6) is 5.75 Å². The third kappa shape index (κ3) is 3.84. The maximum absolute atomic E-state index is 10.9. The van der Waals surface area contributed by atoms with Crippen molar-refractivity contribution in [1.82, 2.24) is 5.32 Å². The van der Waals surface area contributed by atoms with Crippen LogP contribution in [-0.4, -0.2) is 23.2 Å². The van der Waals surface area contributed by atoms with Crippen molar-refractivity contribution in [3.05, 3.63) is 36.1 Å². The molecule has 2 rings (SSSR count). The molecule has 0 unspecified atom stereocenters. The topological polar surface area (TPSA) is 83.7 Å². The van der Waals surface area contributed by atoms with E-state index >= 15 is 0 Å². The first-order valence-electron chi connectivity index (χ1n) is 6.50. The minimum atomic E-state index is -0.242. The van der Waals surface area contributed by atoms with Crippen molar-refractivity contribution in [2.75, 3.05) is 12.4 Å². The van der Waals surface area contributed by atoms with Crippen molar-refractivity contribution < 1.29 is 19.1 Å². The molecule has 116 valence electrons. The Balaban J connectivity index is 2.24. The van der Waals surface area contributed by atoms with Crippen molar-refractivity contribution in [2.45, 2.75) is 13.5 Å². The molecule has 1 aromatic heterocycles. The van der Waals surface area contributed by atoms with Gasteiger partial charge in [-0.05, 0) is 36.5 Å². The van der Waals surface area contributed by atoms with Crippen LogP contribution < -0.4 is 15.4 Å². The molecule has 0 bridgehead atoms. The molecular formula is C15H16N2O4S. The Morgan fingerprint density at radius 1 is 1.36 bits per heavy atom. The third-order valence-corrected chi connectivity index (χ3v) is 3.04. The van der Waals surface area contributed by atoms with E-state index in [9.17, 15) is 4.79 Å². The number of carbonyl (C=O) groups is 1. The van der Waals surface area contributed by atoms with Gasteiger partial charge in [0.1, 0.15) is 23.9 Å². The molecule has 0 radical (unpaired) electrons. The van der Waals surface area contributed by atoms with Gasteiger partial charge in [-0.25, -0.2) is 0 Å². The highest BCUT2D eigenvalue weighted by Gasteiger charge is 2.11. The monoisotopic (exact) mass is 320 g/mol. The predicted octanol–water partition coefficient (Wildman–Crippen LogP) is 2.28. The number of nitrogens with one attached hydrogen (secondary N) is 2. The molecule has 1 aromatic carbocycles. The van der Waals surface area contributed by atoms with Gasteiger partial charge in [-0.1, -0.05) is 0 Å². The molecule has 3 N–H and O–H groups in total. The van der Waals surface area contributed by atoms with Gasteiger partial charge in [0.2, 0.25) is 5.91 Å². The van der Waals surface area contributed by atoms with Crippen LogP contribution in [0, 0.1) is 0 Å². The number of anilines is 1. The van der Waals surface area contributed by atoms with Crippen LogP contribution in [0.2, 0.25) is 0 Å². The van der Waals surface area contributed by atoms with Crippen LogP contribution in [0.1, 0.15) is 12.7 Å². The summed E-state index contributed by atoms with van der Waals surface area (Å²) in [6.07, 6.45) is 0. The summed E-state index contributed by atoms with van der Waals surface area (Å²) in [4.78, 5) is 10.9. The maximum Gasteiger partial charge on any atom is 0.222 e. The second-order valence-corrected chi connectivity index (χ2v) is 4.88. The molecule has 0 saturated heterocycles. The van der Waals surface area contributed by atoms with Crippen LogP contribution in [0.4, 0.5) is 5.69 Å². The molecule has 0 spiro atoms. The van der Waals surface area contributed by atoms with Gasteiger partial charge in [0, 0.05) is 18.7 Å². The maximum atomic E-state index is 10.9. The number of rotatable bonds is 4. The first-order valence-corrected chi connectivity index (χ1v) is 6.91. The minimum absolute atomic E-state index is 0.160. The van der Waals surface area contributed by atoms with E-state index in [0.29, 0.717) is 23.0 Å². The molecule has 0 saturated carbocycles. The quantitative estimate of drug-likeness (QED) is 0.750. The summed E-state index contributed by atoms with van der Waals surface area (Å²) in [5.41, 5.74) is 1.42. The van der Waals surface area contributed by atoms with Crippen LogP contribution in [0.15, 0.2) is 34.7 Å². The lowest BCUT2D eigenvalue weighted by molar-refractivity contribution is -0.117. The van der Waals surface area contributed by atoms with Crippen LogP contribution in [-0.2, 0) is 11.4 Å². The lowest BCUT2D eigenvalue weighted by Crippen LogP contribution is -2.32. The summed E-state index contributed by atoms with van der Waals surface area (Å²) in [7, 11) is 1.55. The Morgan fingerprint density at radius 3 is 2.73 bits per heavy atom. The smallest absolute Gasteiger partial charge is 0.222 e. The Kier molecular flexibility index (Phi) is 5.13. The standard InChI is InChI=1S/C15H16N2O4S/c1-9(19)16-15(22)17-10-3-5-12(14(7-10)20-2)13-6-4-11(8-18)21-13/h3-7,18H,8H2,1-2H3,(H2,16,17,19,22). The van der Waals surface area contributed by atoms with Crippen molar-refractivity contribution in [2.24, 2.45) is 0 Å². The molecule has 0 aliphatic carbocycles. The lowest BCUT2D eigenvalue weighted by atomic mass is 10.1. The molecule has 6 nitrogen and oxygen atoms in total. The molecule has 0 atom stereocenters. The van der Waals surface area contributed by atoms with E-state index in [4.69, 9.17) is 26.5 Å². The summed E-state index contributed by atoms with van der Waals surface area (Å²) in [6.45, 7) is 1.22. The van der Waals surface area contributed by atoms with Crippen LogP contribution in [0.25, 0.3) is 11.3 Å². The number of methoxy groups -OCH3 is 1. The SMILES string of the molecule is COc1cc(NC(=S)NC(C)=O)ccc1-c1ccc(CO)o1. The van der Waals surface area contributed by atoms with Gasteiger partial charge in [-0.15, -0.1) is 0 Å². The van der Waals surface area contributed by atoms with Crippen molar-refractivity contribution in [3.8, 4) is 17.1 Å². The minimum Gasteiger partial charge on any atom is -0.496 e. The van der Waals surface area contributed by atoms with E-state index in [1.165, 1.54) is 6.92 Å². The first kappa shape index (κ1) is 16.0. The first-order chi connectivity index (χ1) is 10.5. The van der Waals surface area contributed by atoms with Crippen LogP contribution >= 0.6 is 12.2 Å². The average molecular weight is 320 g/mol. The van der Waals surface area contributed by atoms with Gasteiger partial charge < -0.3 is 24.9 Å². The fourth-order valence-corrected chi connectivity index (χ4v) is 2.16. The molecule has 7 heteroatoms. The number of benzene rings is 1. The number of hydrogen-bond donors (Lipinski definition) is 3. The number of furan rings is 1. The van der Waals surface area contributed by atoms with E-state index in [-0.39, 0.29) is 17.6 Å². The van der Waals surface area contributed by atoms with Crippen molar-refractivity contribution >= 4 is 28.9 Å². The number of thiocarbonyl (C=S) groups is 1. The third-order valence-electron chi connectivity index (χ3n) is 2.83. The highest BCUT2D eigenvalue weighted by Crippen LogP contribution is 2.33. The highest BCUT2D eigenvalue weighted by molar-refractivity contribution is 7.80. The molecule has 22 heavy (non-hydrogen) atoms. The Hall–Kier alpha value is -2.38.